The molecule has 2 rings (SSSR count). The molecule has 1 aromatic carbocycles. The highest BCUT2D eigenvalue weighted by Crippen LogP contribution is 2.30. The normalized spacial score (nSPS) is 10.5. The average Bonchev–Trinajstić information content (AvgIpc) is 2.60. The summed E-state index contributed by atoms with van der Waals surface area (Å²) in [5.41, 5.74) is 3.36. The highest BCUT2D eigenvalue weighted by molar-refractivity contribution is 5.96. The van der Waals surface area contributed by atoms with Crippen molar-refractivity contribution < 1.29 is 14.4 Å². The van der Waals surface area contributed by atoms with Gasteiger partial charge in [0.1, 0.15) is 17.0 Å². The molecule has 0 aliphatic rings. The summed E-state index contributed by atoms with van der Waals surface area (Å²) in [6.07, 6.45) is 0. The highest BCUT2D eigenvalue weighted by atomic mass is 16.5. The smallest absolute Gasteiger partial charge is 0.341 e. The van der Waals surface area contributed by atoms with Crippen molar-refractivity contribution in [2.45, 2.75) is 20.8 Å². The maximum absolute atomic E-state index is 11.2. The first-order valence-electron chi connectivity index (χ1n) is 5.28. The van der Waals surface area contributed by atoms with Crippen molar-refractivity contribution in [2.24, 2.45) is 0 Å². The Morgan fingerprint density at radius 1 is 1.24 bits per heavy atom. The van der Waals surface area contributed by atoms with Crippen LogP contribution in [0.2, 0.25) is 0 Å². The van der Waals surface area contributed by atoms with Gasteiger partial charge >= 0.3 is 5.97 Å². The first kappa shape index (κ1) is 11.4. The zero-order chi connectivity index (χ0) is 12.6. The molecule has 1 N–H and O–H groups in total. The molecule has 0 saturated carbocycles. The molecular weight excluding hydrogens is 218 g/mol. The second kappa shape index (κ2) is 4.05. The number of carboxylic acids is 1. The van der Waals surface area contributed by atoms with Gasteiger partial charge in [-0.15, -0.1) is 0 Å². The summed E-state index contributed by atoms with van der Waals surface area (Å²) in [6, 6.07) is 5.79. The van der Waals surface area contributed by atoms with Crippen LogP contribution in [0, 0.1) is 20.8 Å². The van der Waals surface area contributed by atoms with E-state index in [1.54, 1.807) is 6.92 Å². The monoisotopic (exact) mass is 231 g/mol. The predicted octanol–water partition coefficient (Wildman–Crippen LogP) is 2.97. The minimum Gasteiger partial charge on any atom is -0.477 e. The molecular formula is C13H13NO3. The summed E-state index contributed by atoms with van der Waals surface area (Å²) < 4.78 is 4.99. The third-order valence-corrected chi connectivity index (χ3v) is 2.79. The molecule has 88 valence electrons. The van der Waals surface area contributed by atoms with Crippen LogP contribution in [0.15, 0.2) is 22.7 Å². The first-order valence-corrected chi connectivity index (χ1v) is 5.28. The van der Waals surface area contributed by atoms with Gasteiger partial charge in [-0.1, -0.05) is 23.4 Å². The Labute approximate surface area is 98.9 Å². The Kier molecular flexibility index (Phi) is 2.71. The molecule has 1 heterocycles. The van der Waals surface area contributed by atoms with Gasteiger partial charge in [0.2, 0.25) is 0 Å². The van der Waals surface area contributed by atoms with Gasteiger partial charge in [-0.25, -0.2) is 4.79 Å². The summed E-state index contributed by atoms with van der Waals surface area (Å²) in [5, 5.41) is 13.1. The summed E-state index contributed by atoms with van der Waals surface area (Å²) >= 11 is 0. The summed E-state index contributed by atoms with van der Waals surface area (Å²) in [7, 11) is 0. The Morgan fingerprint density at radius 2 is 1.82 bits per heavy atom. The lowest BCUT2D eigenvalue weighted by atomic mass is 9.97. The van der Waals surface area contributed by atoms with Crippen molar-refractivity contribution in [3.8, 4) is 11.3 Å². The van der Waals surface area contributed by atoms with Gasteiger partial charge in [-0.2, -0.15) is 0 Å². The van der Waals surface area contributed by atoms with Gasteiger partial charge in [0.25, 0.3) is 0 Å². The second-order valence-corrected chi connectivity index (χ2v) is 4.03. The molecule has 0 atom stereocenters. The van der Waals surface area contributed by atoms with Crippen LogP contribution in [0.5, 0.6) is 0 Å². The topological polar surface area (TPSA) is 63.3 Å². The molecule has 0 radical (unpaired) electrons. The molecule has 0 amide bonds. The van der Waals surface area contributed by atoms with Gasteiger partial charge in [-0.05, 0) is 31.9 Å². The lowest BCUT2D eigenvalue weighted by Crippen LogP contribution is -2.01. The zero-order valence-electron chi connectivity index (χ0n) is 9.94. The number of aryl methyl sites for hydroxylation is 3. The molecule has 0 unspecified atom stereocenters. The van der Waals surface area contributed by atoms with E-state index in [-0.39, 0.29) is 5.56 Å². The van der Waals surface area contributed by atoms with E-state index in [1.165, 1.54) is 0 Å². The van der Waals surface area contributed by atoms with Crippen LogP contribution in [0.3, 0.4) is 0 Å². The SMILES string of the molecule is Cc1cccc(C)c1-c1noc(C)c1C(=O)O. The minimum atomic E-state index is -1.01. The number of carbonyl (C=O) groups is 1. The molecule has 4 heteroatoms. The van der Waals surface area contributed by atoms with E-state index in [9.17, 15) is 9.90 Å². The third kappa shape index (κ3) is 1.82. The van der Waals surface area contributed by atoms with E-state index in [1.807, 2.05) is 32.0 Å². The Hall–Kier alpha value is -2.10. The van der Waals surface area contributed by atoms with Crippen molar-refractivity contribution in [3.63, 3.8) is 0 Å². The lowest BCUT2D eigenvalue weighted by molar-refractivity contribution is 0.0696. The number of carboxylic acid groups (broad SMARTS) is 1. The molecule has 0 bridgehead atoms. The molecule has 17 heavy (non-hydrogen) atoms. The second-order valence-electron chi connectivity index (χ2n) is 4.03. The Bertz CT molecular complexity index is 564. The lowest BCUT2D eigenvalue weighted by Gasteiger charge is -2.06. The van der Waals surface area contributed by atoms with Gasteiger partial charge in [-0.3, -0.25) is 0 Å². The molecule has 0 fully saturated rings. The van der Waals surface area contributed by atoms with E-state index >= 15 is 0 Å². The fourth-order valence-electron chi connectivity index (χ4n) is 1.98. The van der Waals surface area contributed by atoms with Gasteiger partial charge in [0, 0.05) is 5.56 Å². The summed E-state index contributed by atoms with van der Waals surface area (Å²) in [4.78, 5) is 11.2. The average molecular weight is 231 g/mol. The van der Waals surface area contributed by atoms with Crippen LogP contribution in [0.25, 0.3) is 11.3 Å². The van der Waals surface area contributed by atoms with Crippen molar-refractivity contribution in [1.29, 1.82) is 0 Å². The Balaban J connectivity index is 2.73. The number of aromatic carboxylic acids is 1. The van der Waals surface area contributed by atoms with E-state index in [0.717, 1.165) is 16.7 Å². The van der Waals surface area contributed by atoms with Gasteiger partial charge in [0.15, 0.2) is 0 Å². The Morgan fingerprint density at radius 3 is 2.35 bits per heavy atom. The van der Waals surface area contributed by atoms with Gasteiger partial charge in [0.05, 0.1) is 0 Å². The maximum Gasteiger partial charge on any atom is 0.341 e. The van der Waals surface area contributed by atoms with Crippen molar-refractivity contribution >= 4 is 5.97 Å². The molecule has 2 aromatic rings. The summed E-state index contributed by atoms with van der Waals surface area (Å²) in [5.74, 6) is -0.684. The fraction of sp³-hybridized carbons (Fsp3) is 0.231. The molecule has 1 aromatic heterocycles. The van der Waals surface area contributed by atoms with E-state index in [2.05, 4.69) is 5.16 Å². The van der Waals surface area contributed by atoms with Crippen molar-refractivity contribution in [1.82, 2.24) is 5.16 Å². The van der Waals surface area contributed by atoms with E-state index in [4.69, 9.17) is 4.52 Å². The highest BCUT2D eigenvalue weighted by Gasteiger charge is 2.22. The molecule has 0 saturated heterocycles. The van der Waals surface area contributed by atoms with E-state index in [0.29, 0.717) is 11.5 Å². The summed E-state index contributed by atoms with van der Waals surface area (Å²) in [6.45, 7) is 5.46. The number of hydrogen-bond acceptors (Lipinski definition) is 3. The van der Waals surface area contributed by atoms with Crippen LogP contribution in [0.4, 0.5) is 0 Å². The zero-order valence-corrected chi connectivity index (χ0v) is 9.94. The largest absolute Gasteiger partial charge is 0.477 e. The molecule has 0 aliphatic carbocycles. The first-order chi connectivity index (χ1) is 8.02. The van der Waals surface area contributed by atoms with Crippen LogP contribution >= 0.6 is 0 Å². The number of hydrogen-bond donors (Lipinski definition) is 1. The van der Waals surface area contributed by atoms with Gasteiger partial charge < -0.3 is 9.63 Å². The predicted molar refractivity (Wildman–Crippen MR) is 63.1 cm³/mol. The maximum atomic E-state index is 11.2. The van der Waals surface area contributed by atoms with Crippen LogP contribution in [0.1, 0.15) is 27.2 Å². The quantitative estimate of drug-likeness (QED) is 0.863. The number of rotatable bonds is 2. The van der Waals surface area contributed by atoms with Crippen LogP contribution < -0.4 is 0 Å². The third-order valence-electron chi connectivity index (χ3n) is 2.79. The minimum absolute atomic E-state index is 0.141. The number of benzene rings is 1. The standard InChI is InChI=1S/C13H13NO3/c1-7-5-4-6-8(2)10(7)12-11(13(15)16)9(3)17-14-12/h4-6H,1-3H3,(H,15,16). The van der Waals surface area contributed by atoms with E-state index < -0.39 is 5.97 Å². The molecule has 0 aliphatic heterocycles. The van der Waals surface area contributed by atoms with Crippen LogP contribution in [-0.4, -0.2) is 16.2 Å². The molecule has 4 nitrogen and oxygen atoms in total. The van der Waals surface area contributed by atoms with Crippen molar-refractivity contribution in [2.75, 3.05) is 0 Å². The van der Waals surface area contributed by atoms with Crippen LogP contribution in [-0.2, 0) is 0 Å². The molecule has 0 spiro atoms. The number of nitrogens with zero attached hydrogens (tertiary/aromatic N) is 1. The number of aromatic nitrogens is 1. The van der Waals surface area contributed by atoms with Crippen molar-refractivity contribution in [3.05, 3.63) is 40.6 Å². The fourth-order valence-corrected chi connectivity index (χ4v) is 1.98.